The van der Waals surface area contributed by atoms with Gasteiger partial charge in [-0.25, -0.2) is 0 Å². The number of fused-ring (bicyclic) bond motifs is 6. The largest absolute Gasteiger partial charge is 0.311 e. The number of hydrogen-bond donors (Lipinski definition) is 0. The third kappa shape index (κ3) is 6.38. The van der Waals surface area contributed by atoms with Crippen molar-refractivity contribution in [3.8, 4) is 44.8 Å². The molecule has 0 amide bonds. The highest BCUT2D eigenvalue weighted by atomic mass is 15.1. The molecule has 0 radical (unpaired) electrons. The maximum atomic E-state index is 2.40. The van der Waals surface area contributed by atoms with Crippen LogP contribution in [0, 0.1) is 0 Å². The second-order valence-electron chi connectivity index (χ2n) is 16.2. The van der Waals surface area contributed by atoms with Crippen LogP contribution in [-0.2, 0) is 0 Å². The lowest BCUT2D eigenvalue weighted by Gasteiger charge is -2.26. The van der Waals surface area contributed by atoms with Gasteiger partial charge >= 0.3 is 0 Å². The van der Waals surface area contributed by atoms with E-state index in [4.69, 9.17) is 0 Å². The molecule has 0 bridgehead atoms. The molecule has 296 valence electrons. The Morgan fingerprint density at radius 3 is 1.17 bits per heavy atom. The zero-order chi connectivity index (χ0) is 41.7. The first kappa shape index (κ1) is 36.5. The predicted molar refractivity (Wildman–Crippen MR) is 266 cm³/mol. The molecule has 0 atom stereocenters. The van der Waals surface area contributed by atoms with E-state index in [0.29, 0.717) is 0 Å². The Morgan fingerprint density at radius 2 is 0.587 bits per heavy atom. The minimum absolute atomic E-state index is 1.09. The van der Waals surface area contributed by atoms with Gasteiger partial charge in [-0.1, -0.05) is 146 Å². The van der Waals surface area contributed by atoms with Crippen LogP contribution in [0.25, 0.3) is 88.4 Å². The molecule has 0 aliphatic rings. The minimum Gasteiger partial charge on any atom is -0.311 e. The number of hydrogen-bond acceptors (Lipinski definition) is 1. The van der Waals surface area contributed by atoms with Gasteiger partial charge < -0.3 is 14.0 Å². The Hall–Kier alpha value is -8.40. The smallest absolute Gasteiger partial charge is 0.0541 e. The number of anilines is 3. The summed E-state index contributed by atoms with van der Waals surface area (Å²) in [5, 5.41) is 4.98. The molecule has 0 spiro atoms. The lowest BCUT2D eigenvalue weighted by molar-refractivity contribution is 1.17. The van der Waals surface area contributed by atoms with Crippen LogP contribution in [0.5, 0.6) is 0 Å². The maximum absolute atomic E-state index is 2.40. The van der Waals surface area contributed by atoms with Gasteiger partial charge in [-0.2, -0.15) is 0 Å². The first-order valence-electron chi connectivity index (χ1n) is 21.6. The average molecular weight is 804 g/mol. The van der Waals surface area contributed by atoms with E-state index < -0.39 is 0 Å². The van der Waals surface area contributed by atoms with Crippen LogP contribution in [0.2, 0.25) is 0 Å². The second-order valence-corrected chi connectivity index (χ2v) is 16.2. The molecular weight excluding hydrogens is 763 g/mol. The molecule has 10 aromatic carbocycles. The van der Waals surface area contributed by atoms with Crippen molar-refractivity contribution in [2.45, 2.75) is 0 Å². The van der Waals surface area contributed by atoms with E-state index in [1.807, 2.05) is 0 Å². The van der Waals surface area contributed by atoms with Crippen molar-refractivity contribution in [1.82, 2.24) is 9.13 Å². The summed E-state index contributed by atoms with van der Waals surface area (Å²) in [7, 11) is 0. The molecule has 2 heterocycles. The van der Waals surface area contributed by atoms with Crippen LogP contribution in [0.1, 0.15) is 0 Å². The van der Waals surface area contributed by atoms with E-state index in [1.54, 1.807) is 0 Å². The Kier molecular flexibility index (Phi) is 8.83. The highest BCUT2D eigenvalue weighted by Crippen LogP contribution is 2.40. The Labute approximate surface area is 366 Å². The van der Waals surface area contributed by atoms with Crippen molar-refractivity contribution >= 4 is 60.7 Å². The number of para-hydroxylation sites is 4. The maximum Gasteiger partial charge on any atom is 0.0541 e. The zero-order valence-electron chi connectivity index (χ0n) is 34.5. The Balaban J connectivity index is 0.896. The van der Waals surface area contributed by atoms with Crippen molar-refractivity contribution < 1.29 is 0 Å². The quantitative estimate of drug-likeness (QED) is 0.149. The summed E-state index contributed by atoms with van der Waals surface area (Å²) >= 11 is 0. The van der Waals surface area contributed by atoms with Gasteiger partial charge in [0.1, 0.15) is 0 Å². The molecule has 3 nitrogen and oxygen atoms in total. The standard InChI is InChI=1S/C60H41N3/c1-4-15-42(16-5-1)44-17-14-18-45(39-44)47-30-38-60-56(41-47)54-24-11-13-26-58(54)63(60)52-35-33-51(34-36-52)61(48-19-6-2-7-20-48)50-31-27-43(28-32-50)46-29-37-59-55(40-46)53-23-10-12-25-57(53)62(59)49-21-8-3-9-22-49/h1-41H. The fourth-order valence-corrected chi connectivity index (χ4v) is 9.53. The number of benzene rings is 10. The van der Waals surface area contributed by atoms with E-state index in [0.717, 1.165) is 22.7 Å². The van der Waals surface area contributed by atoms with Gasteiger partial charge in [-0.3, -0.25) is 0 Å². The van der Waals surface area contributed by atoms with Crippen molar-refractivity contribution in [2.24, 2.45) is 0 Å². The number of nitrogens with zero attached hydrogens (tertiary/aromatic N) is 3. The second kappa shape index (κ2) is 15.3. The molecule has 0 unspecified atom stereocenters. The monoisotopic (exact) mass is 803 g/mol. The van der Waals surface area contributed by atoms with Crippen molar-refractivity contribution in [3.05, 3.63) is 249 Å². The van der Waals surface area contributed by atoms with Gasteiger partial charge in [0.25, 0.3) is 0 Å². The van der Waals surface area contributed by atoms with E-state index in [1.165, 1.54) is 82.7 Å². The van der Waals surface area contributed by atoms with Gasteiger partial charge in [0.05, 0.1) is 22.1 Å². The summed E-state index contributed by atoms with van der Waals surface area (Å²) in [4.78, 5) is 2.34. The summed E-state index contributed by atoms with van der Waals surface area (Å²) in [6.45, 7) is 0. The average Bonchev–Trinajstić information content (AvgIpc) is 3.88. The lowest BCUT2D eigenvalue weighted by Crippen LogP contribution is -2.10. The summed E-state index contributed by atoms with van der Waals surface area (Å²) in [6.07, 6.45) is 0. The van der Waals surface area contributed by atoms with Crippen LogP contribution in [-0.4, -0.2) is 9.13 Å². The van der Waals surface area contributed by atoms with Gasteiger partial charge in [0.2, 0.25) is 0 Å². The minimum atomic E-state index is 1.09. The molecule has 0 aliphatic carbocycles. The highest BCUT2D eigenvalue weighted by Gasteiger charge is 2.18. The zero-order valence-corrected chi connectivity index (χ0v) is 34.5. The molecule has 2 aromatic heterocycles. The van der Waals surface area contributed by atoms with E-state index in [2.05, 4.69) is 263 Å². The molecule has 12 rings (SSSR count). The van der Waals surface area contributed by atoms with Gasteiger partial charge in [0.15, 0.2) is 0 Å². The molecule has 0 fully saturated rings. The molecule has 0 saturated carbocycles. The van der Waals surface area contributed by atoms with Crippen molar-refractivity contribution in [1.29, 1.82) is 0 Å². The molecule has 12 aromatic rings. The molecule has 0 N–H and O–H groups in total. The van der Waals surface area contributed by atoms with Crippen LogP contribution in [0.15, 0.2) is 249 Å². The molecule has 0 saturated heterocycles. The molecule has 3 heteroatoms. The molecular formula is C60H41N3. The van der Waals surface area contributed by atoms with Gasteiger partial charge in [-0.15, -0.1) is 0 Å². The topological polar surface area (TPSA) is 13.1 Å². The SMILES string of the molecule is c1ccc(-c2cccc(-c3ccc4c(c3)c3ccccc3n4-c3ccc(N(c4ccccc4)c4ccc(-c5ccc6c(c5)c5ccccc5n6-c5ccccc5)cc4)cc3)c2)cc1. The normalized spacial score (nSPS) is 11.5. The number of rotatable bonds is 8. The van der Waals surface area contributed by atoms with E-state index in [9.17, 15) is 0 Å². The fourth-order valence-electron chi connectivity index (χ4n) is 9.53. The first-order chi connectivity index (χ1) is 31.2. The summed E-state index contributed by atoms with van der Waals surface area (Å²) in [5.41, 5.74) is 17.6. The van der Waals surface area contributed by atoms with E-state index >= 15 is 0 Å². The van der Waals surface area contributed by atoms with Crippen LogP contribution >= 0.6 is 0 Å². The summed E-state index contributed by atoms with van der Waals surface area (Å²) in [5.74, 6) is 0. The summed E-state index contributed by atoms with van der Waals surface area (Å²) < 4.78 is 4.76. The third-order valence-corrected chi connectivity index (χ3v) is 12.5. The fraction of sp³-hybridized carbons (Fsp3) is 0. The van der Waals surface area contributed by atoms with Crippen LogP contribution in [0.4, 0.5) is 17.1 Å². The van der Waals surface area contributed by atoms with Crippen LogP contribution in [0.3, 0.4) is 0 Å². The Morgan fingerprint density at radius 1 is 0.222 bits per heavy atom. The van der Waals surface area contributed by atoms with Crippen molar-refractivity contribution in [2.75, 3.05) is 4.90 Å². The Bertz CT molecular complexity index is 3580. The lowest BCUT2D eigenvalue weighted by atomic mass is 9.98. The molecule has 0 aliphatic heterocycles. The van der Waals surface area contributed by atoms with E-state index in [-0.39, 0.29) is 0 Å². The first-order valence-corrected chi connectivity index (χ1v) is 21.6. The predicted octanol–water partition coefficient (Wildman–Crippen LogP) is 16.4. The van der Waals surface area contributed by atoms with Crippen LogP contribution < -0.4 is 4.90 Å². The highest BCUT2D eigenvalue weighted by molar-refractivity contribution is 6.11. The third-order valence-electron chi connectivity index (χ3n) is 12.5. The van der Waals surface area contributed by atoms with Gasteiger partial charge in [0, 0.05) is 50.0 Å². The number of aromatic nitrogens is 2. The van der Waals surface area contributed by atoms with Crippen molar-refractivity contribution in [3.63, 3.8) is 0 Å². The van der Waals surface area contributed by atoms with Gasteiger partial charge in [-0.05, 0) is 137 Å². The summed E-state index contributed by atoms with van der Waals surface area (Å²) in [6, 6.07) is 90.0. The molecule has 63 heavy (non-hydrogen) atoms.